The molecule has 0 saturated carbocycles. The molecular weight excluding hydrogens is 606 g/mol. The van der Waals surface area contributed by atoms with E-state index in [0.29, 0.717) is 5.02 Å². The van der Waals surface area contributed by atoms with E-state index in [1.807, 2.05) is 89.2 Å². The van der Waals surface area contributed by atoms with Gasteiger partial charge in [-0.3, -0.25) is 13.9 Å². The quantitative estimate of drug-likeness (QED) is 0.197. The number of anilines is 1. The van der Waals surface area contributed by atoms with Crippen molar-refractivity contribution in [3.05, 3.63) is 130 Å². The molecule has 1 atom stereocenters. The van der Waals surface area contributed by atoms with Crippen LogP contribution < -0.4 is 9.62 Å². The number of carbonyl (C=O) groups excluding carboxylic acids is 2. The number of amides is 2. The third kappa shape index (κ3) is 8.74. The number of nitrogens with one attached hydrogen (secondary N) is 1. The SMILES string of the molecule is Cc1ccc(N(CC(=O)N(Cc2ccccc2C)C(Cc2ccccc2)C(=O)NC(C)(C)C)S(=O)(=O)c2ccccc2)cc1Cl. The summed E-state index contributed by atoms with van der Waals surface area (Å²) in [6.45, 7) is 8.97. The van der Waals surface area contributed by atoms with Crippen molar-refractivity contribution >= 4 is 39.1 Å². The summed E-state index contributed by atoms with van der Waals surface area (Å²) < 4.78 is 29.3. The van der Waals surface area contributed by atoms with E-state index in [2.05, 4.69) is 5.32 Å². The molecule has 0 bridgehead atoms. The Morgan fingerprint density at radius 3 is 2.02 bits per heavy atom. The zero-order valence-corrected chi connectivity index (χ0v) is 27.9. The number of sulfonamides is 1. The number of carbonyl (C=O) groups is 2. The first kappa shape index (κ1) is 33.7. The minimum atomic E-state index is -4.20. The fourth-order valence-electron chi connectivity index (χ4n) is 4.96. The van der Waals surface area contributed by atoms with Crippen LogP contribution in [0, 0.1) is 13.8 Å². The third-order valence-corrected chi connectivity index (χ3v) is 9.62. The second kappa shape index (κ2) is 14.3. The molecule has 1 N–H and O–H groups in total. The Morgan fingerprint density at radius 2 is 1.42 bits per heavy atom. The van der Waals surface area contributed by atoms with Gasteiger partial charge in [-0.2, -0.15) is 0 Å². The van der Waals surface area contributed by atoms with Crippen LogP contribution in [0.1, 0.15) is 43.0 Å². The van der Waals surface area contributed by atoms with Crippen LogP contribution >= 0.6 is 11.6 Å². The summed E-state index contributed by atoms with van der Waals surface area (Å²) in [6.07, 6.45) is 0.238. The summed E-state index contributed by atoms with van der Waals surface area (Å²) in [6, 6.07) is 29.1. The fraction of sp³-hybridized carbons (Fsp3) is 0.278. The Hall–Kier alpha value is -4.14. The van der Waals surface area contributed by atoms with Gasteiger partial charge < -0.3 is 10.2 Å². The van der Waals surface area contributed by atoms with Crippen LogP contribution in [0.15, 0.2) is 108 Å². The summed E-state index contributed by atoms with van der Waals surface area (Å²) in [5.41, 5.74) is 3.12. The van der Waals surface area contributed by atoms with Crippen LogP contribution in [0.2, 0.25) is 5.02 Å². The third-order valence-electron chi connectivity index (χ3n) is 7.42. The predicted molar refractivity (Wildman–Crippen MR) is 181 cm³/mol. The largest absolute Gasteiger partial charge is 0.350 e. The van der Waals surface area contributed by atoms with Gasteiger partial charge in [0, 0.05) is 23.5 Å². The lowest BCUT2D eigenvalue weighted by molar-refractivity contribution is -0.140. The summed E-state index contributed by atoms with van der Waals surface area (Å²) in [5.74, 6) is -0.858. The Kier molecular flexibility index (Phi) is 10.7. The van der Waals surface area contributed by atoms with E-state index in [1.165, 1.54) is 17.0 Å². The monoisotopic (exact) mass is 645 g/mol. The molecule has 4 rings (SSSR count). The Balaban J connectivity index is 1.84. The van der Waals surface area contributed by atoms with Crippen LogP contribution in [0.25, 0.3) is 0 Å². The number of hydrogen-bond acceptors (Lipinski definition) is 4. The van der Waals surface area contributed by atoms with Crippen LogP contribution in [0.4, 0.5) is 5.69 Å². The highest BCUT2D eigenvalue weighted by atomic mass is 35.5. The van der Waals surface area contributed by atoms with Gasteiger partial charge in [0.1, 0.15) is 12.6 Å². The van der Waals surface area contributed by atoms with Crippen molar-refractivity contribution in [3.63, 3.8) is 0 Å². The fourth-order valence-corrected chi connectivity index (χ4v) is 6.57. The normalized spacial score (nSPS) is 12.3. The number of nitrogens with zero attached hydrogens (tertiary/aromatic N) is 2. The second-order valence-corrected chi connectivity index (χ2v) is 14.4. The van der Waals surface area contributed by atoms with Gasteiger partial charge in [-0.25, -0.2) is 8.42 Å². The van der Waals surface area contributed by atoms with Crippen LogP contribution in [0.5, 0.6) is 0 Å². The van der Waals surface area contributed by atoms with Crippen molar-refractivity contribution in [2.45, 2.75) is 64.1 Å². The Morgan fingerprint density at radius 1 is 0.822 bits per heavy atom. The van der Waals surface area contributed by atoms with Crippen molar-refractivity contribution in [3.8, 4) is 0 Å². The van der Waals surface area contributed by atoms with E-state index in [4.69, 9.17) is 11.6 Å². The van der Waals surface area contributed by atoms with Gasteiger partial charge in [0.15, 0.2) is 0 Å². The van der Waals surface area contributed by atoms with E-state index in [-0.39, 0.29) is 29.5 Å². The molecule has 0 spiro atoms. The highest BCUT2D eigenvalue weighted by molar-refractivity contribution is 7.92. The molecule has 4 aromatic rings. The molecule has 1 unspecified atom stereocenters. The molecule has 0 radical (unpaired) electrons. The first-order valence-corrected chi connectivity index (χ1v) is 16.6. The molecule has 236 valence electrons. The van der Waals surface area contributed by atoms with E-state index in [9.17, 15) is 18.0 Å². The highest BCUT2D eigenvalue weighted by Gasteiger charge is 2.35. The summed E-state index contributed by atoms with van der Waals surface area (Å²) >= 11 is 6.45. The molecule has 4 aromatic carbocycles. The van der Waals surface area contributed by atoms with Gasteiger partial charge in [-0.15, -0.1) is 0 Å². The van der Waals surface area contributed by atoms with Crippen molar-refractivity contribution < 1.29 is 18.0 Å². The van der Waals surface area contributed by atoms with Crippen molar-refractivity contribution in [1.82, 2.24) is 10.2 Å². The standard InChI is InChI=1S/C36H40ClN3O4S/c1-26-14-12-13-17-29(26)24-39(33(35(42)38-36(3,4)5)22-28-15-8-6-9-16-28)34(41)25-40(30-21-20-27(2)32(37)23-30)45(43,44)31-18-10-7-11-19-31/h6-21,23,33H,22,24-25H2,1-5H3,(H,38,42). The summed E-state index contributed by atoms with van der Waals surface area (Å²) in [4.78, 5) is 30.1. The van der Waals surface area contributed by atoms with E-state index in [0.717, 1.165) is 26.6 Å². The van der Waals surface area contributed by atoms with Gasteiger partial charge in [0.25, 0.3) is 10.0 Å². The number of aryl methyl sites for hydroxylation is 2. The maximum Gasteiger partial charge on any atom is 0.264 e. The average molecular weight is 646 g/mol. The maximum absolute atomic E-state index is 14.6. The highest BCUT2D eigenvalue weighted by Crippen LogP contribution is 2.29. The molecule has 0 aliphatic rings. The summed E-state index contributed by atoms with van der Waals surface area (Å²) in [5, 5.41) is 3.42. The lowest BCUT2D eigenvalue weighted by Crippen LogP contribution is -2.56. The first-order valence-electron chi connectivity index (χ1n) is 14.8. The number of rotatable bonds is 11. The minimum absolute atomic E-state index is 0.0336. The Bertz CT molecular complexity index is 1740. The van der Waals surface area contributed by atoms with Gasteiger partial charge in [0.2, 0.25) is 11.8 Å². The maximum atomic E-state index is 14.6. The molecule has 0 aliphatic heterocycles. The van der Waals surface area contributed by atoms with Crippen molar-refractivity contribution in [2.24, 2.45) is 0 Å². The van der Waals surface area contributed by atoms with Crippen LogP contribution in [-0.4, -0.2) is 43.3 Å². The van der Waals surface area contributed by atoms with Crippen molar-refractivity contribution in [2.75, 3.05) is 10.8 Å². The number of halogens is 1. The zero-order chi connectivity index (χ0) is 32.8. The van der Waals surface area contributed by atoms with Gasteiger partial charge in [0.05, 0.1) is 10.6 Å². The van der Waals surface area contributed by atoms with E-state index >= 15 is 0 Å². The molecule has 0 heterocycles. The van der Waals surface area contributed by atoms with Crippen LogP contribution in [-0.2, 0) is 32.6 Å². The lowest BCUT2D eigenvalue weighted by atomic mass is 10.00. The number of hydrogen-bond donors (Lipinski definition) is 1. The molecule has 45 heavy (non-hydrogen) atoms. The Labute approximate surface area is 271 Å². The van der Waals surface area contributed by atoms with Gasteiger partial charge in [-0.1, -0.05) is 90.5 Å². The molecule has 0 aromatic heterocycles. The lowest BCUT2D eigenvalue weighted by Gasteiger charge is -2.35. The van der Waals surface area contributed by atoms with E-state index in [1.54, 1.807) is 36.4 Å². The van der Waals surface area contributed by atoms with Crippen molar-refractivity contribution in [1.29, 1.82) is 0 Å². The van der Waals surface area contributed by atoms with Gasteiger partial charge >= 0.3 is 0 Å². The van der Waals surface area contributed by atoms with Crippen LogP contribution in [0.3, 0.4) is 0 Å². The molecule has 2 amide bonds. The summed E-state index contributed by atoms with van der Waals surface area (Å²) in [7, 11) is -4.20. The molecule has 0 saturated heterocycles. The van der Waals surface area contributed by atoms with Gasteiger partial charge in [-0.05, 0) is 81.1 Å². The average Bonchev–Trinajstić information content (AvgIpc) is 3.00. The topological polar surface area (TPSA) is 86.8 Å². The molecular formula is C36H40ClN3O4S. The zero-order valence-electron chi connectivity index (χ0n) is 26.3. The smallest absolute Gasteiger partial charge is 0.264 e. The molecule has 7 nitrogen and oxygen atoms in total. The minimum Gasteiger partial charge on any atom is -0.350 e. The molecule has 9 heteroatoms. The first-order chi connectivity index (χ1) is 21.3. The number of benzene rings is 4. The molecule has 0 fully saturated rings. The predicted octanol–water partition coefficient (Wildman–Crippen LogP) is 6.71. The van der Waals surface area contributed by atoms with E-state index < -0.39 is 34.1 Å². The second-order valence-electron chi connectivity index (χ2n) is 12.2. The molecule has 0 aliphatic carbocycles.